The molecule has 1 heteroatoms. The van der Waals surface area contributed by atoms with Gasteiger partial charge >= 0.3 is 0 Å². The smallest absolute Gasteiger partial charge is 0.0658 e. The van der Waals surface area contributed by atoms with E-state index < -0.39 is 0 Å². The van der Waals surface area contributed by atoms with Crippen molar-refractivity contribution >= 4 is 0 Å². The summed E-state index contributed by atoms with van der Waals surface area (Å²) in [5.41, 5.74) is 0. The van der Waals surface area contributed by atoms with E-state index in [-0.39, 0.29) is 0 Å². The van der Waals surface area contributed by atoms with E-state index in [1.54, 1.807) is 0 Å². The molecule has 1 saturated carbocycles. The van der Waals surface area contributed by atoms with Gasteiger partial charge in [0, 0.05) is 5.92 Å². The Morgan fingerprint density at radius 2 is 2.25 bits per heavy atom. The van der Waals surface area contributed by atoms with E-state index in [0.717, 1.165) is 18.3 Å². The van der Waals surface area contributed by atoms with Crippen LogP contribution in [0.3, 0.4) is 0 Å². The van der Waals surface area contributed by atoms with Gasteiger partial charge in [0.05, 0.1) is 6.07 Å². The highest BCUT2D eigenvalue weighted by molar-refractivity contribution is 5.02. The van der Waals surface area contributed by atoms with Crippen LogP contribution < -0.4 is 0 Å². The maximum Gasteiger partial charge on any atom is 0.0658 e. The van der Waals surface area contributed by atoms with Crippen LogP contribution in [0.25, 0.3) is 0 Å². The van der Waals surface area contributed by atoms with Crippen LogP contribution in [0, 0.1) is 29.1 Å². The van der Waals surface area contributed by atoms with Crippen LogP contribution in [0.4, 0.5) is 0 Å². The Morgan fingerprint density at radius 1 is 1.62 bits per heavy atom. The van der Waals surface area contributed by atoms with Crippen LogP contribution in [-0.4, -0.2) is 0 Å². The van der Waals surface area contributed by atoms with Gasteiger partial charge in [-0.3, -0.25) is 0 Å². The molecule has 1 rings (SSSR count). The zero-order valence-corrected chi connectivity index (χ0v) is 5.39. The Bertz CT molecular complexity index is 121. The Labute approximate surface area is 50.3 Å². The largest absolute Gasteiger partial charge is 0.198 e. The summed E-state index contributed by atoms with van der Waals surface area (Å²) in [6, 6.07) is 2.27. The first kappa shape index (κ1) is 5.62. The minimum atomic E-state index is 0.398. The third kappa shape index (κ3) is 0.838. The van der Waals surface area contributed by atoms with E-state index >= 15 is 0 Å². The van der Waals surface area contributed by atoms with E-state index in [1.165, 1.54) is 0 Å². The third-order valence-corrected chi connectivity index (χ3v) is 1.86. The molecule has 0 unspecified atom stereocenters. The first-order valence-electron chi connectivity index (χ1n) is 3.15. The lowest BCUT2D eigenvalue weighted by Gasteiger charge is -1.95. The average Bonchev–Trinajstić information content (AvgIpc) is 2.42. The van der Waals surface area contributed by atoms with Crippen LogP contribution in [-0.2, 0) is 0 Å². The fraction of sp³-hybridized carbons (Fsp3) is 0.857. The van der Waals surface area contributed by atoms with E-state index in [2.05, 4.69) is 19.9 Å². The molecule has 0 aromatic rings. The Morgan fingerprint density at radius 3 is 2.38 bits per heavy atom. The highest BCUT2D eigenvalue weighted by Gasteiger charge is 2.39. The second kappa shape index (κ2) is 1.78. The SMILES string of the molecule is CC(C)[C@@H]1C[C@H]1C#N. The van der Waals surface area contributed by atoms with Crippen LogP contribution >= 0.6 is 0 Å². The molecule has 1 fully saturated rings. The second-order valence-electron chi connectivity index (χ2n) is 2.88. The molecule has 1 aliphatic rings. The van der Waals surface area contributed by atoms with Crippen molar-refractivity contribution in [2.75, 3.05) is 0 Å². The quantitative estimate of drug-likeness (QED) is 0.503. The van der Waals surface area contributed by atoms with Gasteiger partial charge in [0.1, 0.15) is 0 Å². The van der Waals surface area contributed by atoms with E-state index in [1.807, 2.05) is 0 Å². The second-order valence-corrected chi connectivity index (χ2v) is 2.88. The van der Waals surface area contributed by atoms with Crippen molar-refractivity contribution < 1.29 is 0 Å². The lowest BCUT2D eigenvalue weighted by atomic mass is 10.1. The van der Waals surface area contributed by atoms with Crippen molar-refractivity contribution in [1.82, 2.24) is 0 Å². The van der Waals surface area contributed by atoms with Gasteiger partial charge < -0.3 is 0 Å². The van der Waals surface area contributed by atoms with Gasteiger partial charge in [-0.15, -0.1) is 0 Å². The molecule has 1 aliphatic carbocycles. The van der Waals surface area contributed by atoms with E-state index in [4.69, 9.17) is 5.26 Å². The Hall–Kier alpha value is -0.510. The topological polar surface area (TPSA) is 23.8 Å². The summed E-state index contributed by atoms with van der Waals surface area (Å²) >= 11 is 0. The number of hydrogen-bond acceptors (Lipinski definition) is 1. The van der Waals surface area contributed by atoms with Gasteiger partial charge in [-0.05, 0) is 18.3 Å². The van der Waals surface area contributed by atoms with Crippen molar-refractivity contribution in [1.29, 1.82) is 5.26 Å². The van der Waals surface area contributed by atoms with Crippen LogP contribution in [0.1, 0.15) is 20.3 Å². The lowest BCUT2D eigenvalue weighted by molar-refractivity contribution is 0.545. The summed E-state index contributed by atoms with van der Waals surface area (Å²) in [6.45, 7) is 4.37. The molecule has 0 amide bonds. The molecule has 0 bridgehead atoms. The first-order valence-corrected chi connectivity index (χ1v) is 3.15. The number of nitrogens with zero attached hydrogens (tertiary/aromatic N) is 1. The number of hydrogen-bond donors (Lipinski definition) is 0. The molecule has 0 aromatic heterocycles. The molecule has 0 spiro atoms. The summed E-state index contributed by atoms with van der Waals surface area (Å²) in [5, 5.41) is 8.38. The molecular formula is C7H11N. The Kier molecular flexibility index (Phi) is 1.25. The number of rotatable bonds is 1. The van der Waals surface area contributed by atoms with Crippen LogP contribution in [0.5, 0.6) is 0 Å². The fourth-order valence-electron chi connectivity index (χ4n) is 1.10. The highest BCUT2D eigenvalue weighted by Crippen LogP contribution is 2.43. The monoisotopic (exact) mass is 109 g/mol. The fourth-order valence-corrected chi connectivity index (χ4v) is 1.10. The standard InChI is InChI=1S/C7H11N/c1-5(2)7-3-6(7)4-8/h5-7H,3H2,1-2H3/t6-,7-/m0/s1. The van der Waals surface area contributed by atoms with Gasteiger partial charge in [-0.25, -0.2) is 0 Å². The maximum atomic E-state index is 8.38. The van der Waals surface area contributed by atoms with Gasteiger partial charge in [0.25, 0.3) is 0 Å². The predicted molar refractivity (Wildman–Crippen MR) is 32.0 cm³/mol. The molecule has 0 saturated heterocycles. The van der Waals surface area contributed by atoms with Crippen molar-refractivity contribution in [3.63, 3.8) is 0 Å². The van der Waals surface area contributed by atoms with Gasteiger partial charge in [0.2, 0.25) is 0 Å². The summed E-state index contributed by atoms with van der Waals surface area (Å²) in [4.78, 5) is 0. The Balaban J connectivity index is 2.29. The minimum Gasteiger partial charge on any atom is -0.198 e. The molecular weight excluding hydrogens is 98.1 g/mol. The molecule has 0 heterocycles. The normalized spacial score (nSPS) is 34.8. The van der Waals surface area contributed by atoms with E-state index in [9.17, 15) is 0 Å². The zero-order valence-electron chi connectivity index (χ0n) is 5.39. The number of nitriles is 1. The van der Waals surface area contributed by atoms with Crippen molar-refractivity contribution in [3.05, 3.63) is 0 Å². The van der Waals surface area contributed by atoms with Gasteiger partial charge in [0.15, 0.2) is 0 Å². The molecule has 44 valence electrons. The molecule has 1 nitrogen and oxygen atoms in total. The third-order valence-electron chi connectivity index (χ3n) is 1.86. The summed E-state index contributed by atoms with van der Waals surface area (Å²) in [7, 11) is 0. The minimum absolute atomic E-state index is 0.398. The predicted octanol–water partition coefficient (Wildman–Crippen LogP) is 1.80. The van der Waals surface area contributed by atoms with Crippen LogP contribution in [0.15, 0.2) is 0 Å². The molecule has 0 radical (unpaired) electrons. The summed E-state index contributed by atoms with van der Waals surface area (Å²) < 4.78 is 0. The maximum absolute atomic E-state index is 8.38. The van der Waals surface area contributed by atoms with Gasteiger partial charge in [-0.2, -0.15) is 5.26 Å². The van der Waals surface area contributed by atoms with E-state index in [0.29, 0.717) is 5.92 Å². The highest BCUT2D eigenvalue weighted by atomic mass is 14.4. The molecule has 2 atom stereocenters. The van der Waals surface area contributed by atoms with Gasteiger partial charge in [-0.1, -0.05) is 13.8 Å². The average molecular weight is 109 g/mol. The lowest BCUT2D eigenvalue weighted by Crippen LogP contribution is -1.90. The van der Waals surface area contributed by atoms with Crippen molar-refractivity contribution in [2.24, 2.45) is 17.8 Å². The molecule has 0 aliphatic heterocycles. The summed E-state index contributed by atoms with van der Waals surface area (Å²) in [6.07, 6.45) is 1.15. The van der Waals surface area contributed by atoms with Crippen molar-refractivity contribution in [3.8, 4) is 6.07 Å². The zero-order chi connectivity index (χ0) is 6.15. The first-order chi connectivity index (χ1) is 3.75. The molecule has 0 aromatic carbocycles. The van der Waals surface area contributed by atoms with Crippen molar-refractivity contribution in [2.45, 2.75) is 20.3 Å². The molecule has 8 heavy (non-hydrogen) atoms. The molecule has 0 N–H and O–H groups in total. The summed E-state index contributed by atoms with van der Waals surface area (Å²) in [5.74, 6) is 1.84. The van der Waals surface area contributed by atoms with Crippen LogP contribution in [0.2, 0.25) is 0 Å².